The summed E-state index contributed by atoms with van der Waals surface area (Å²) in [4.78, 5) is 7.61. The van der Waals surface area contributed by atoms with Crippen molar-refractivity contribution in [2.45, 2.75) is 25.3 Å². The number of pyridine rings is 1. The van der Waals surface area contributed by atoms with E-state index in [1.807, 2.05) is 4.90 Å². The van der Waals surface area contributed by atoms with Crippen molar-refractivity contribution in [2.75, 3.05) is 24.5 Å². The van der Waals surface area contributed by atoms with Gasteiger partial charge in [0, 0.05) is 25.7 Å². The molecule has 1 aliphatic carbocycles. The number of nitrogens with zero attached hydrogens (tertiary/aromatic N) is 3. The van der Waals surface area contributed by atoms with E-state index >= 15 is 0 Å². The van der Waals surface area contributed by atoms with Gasteiger partial charge in [0.2, 0.25) is 0 Å². The number of amidine groups is 1. The third-order valence-corrected chi connectivity index (χ3v) is 5.30. The quantitative estimate of drug-likeness (QED) is 0.659. The van der Waals surface area contributed by atoms with Crippen molar-refractivity contribution in [3.8, 4) is 0 Å². The van der Waals surface area contributed by atoms with Crippen LogP contribution in [0.4, 0.5) is 19.0 Å². The minimum absolute atomic E-state index is 0.130. The Morgan fingerprint density at radius 2 is 1.92 bits per heavy atom. The largest absolute Gasteiger partial charge is 0.350 e. The molecule has 0 unspecified atom stereocenters. The lowest BCUT2D eigenvalue weighted by Gasteiger charge is -2.44. The second-order valence-corrected chi connectivity index (χ2v) is 7.04. The second-order valence-electron chi connectivity index (χ2n) is 7.04. The van der Waals surface area contributed by atoms with Crippen LogP contribution >= 0.6 is 0 Å². The Kier molecular flexibility index (Phi) is 3.89. The molecule has 1 aromatic heterocycles. The lowest BCUT2D eigenvalue weighted by atomic mass is 10.0. The summed E-state index contributed by atoms with van der Waals surface area (Å²) in [6, 6.07) is 5.62. The summed E-state index contributed by atoms with van der Waals surface area (Å²) in [5.74, 6) is -1.49. The van der Waals surface area contributed by atoms with Crippen LogP contribution in [-0.4, -0.2) is 40.9 Å². The molecule has 1 saturated heterocycles. The van der Waals surface area contributed by atoms with E-state index in [1.54, 1.807) is 24.0 Å². The first-order chi connectivity index (χ1) is 12.4. The van der Waals surface area contributed by atoms with E-state index in [0.717, 1.165) is 30.7 Å². The fourth-order valence-electron chi connectivity index (χ4n) is 3.79. The number of anilines is 1. The predicted octanol–water partition coefficient (Wildman–Crippen LogP) is 3.49. The number of hydrogen-bond acceptors (Lipinski definition) is 3. The lowest BCUT2D eigenvalue weighted by Crippen LogP contribution is -2.57. The summed E-state index contributed by atoms with van der Waals surface area (Å²) in [5.41, 5.74) is 0.727. The van der Waals surface area contributed by atoms with Crippen molar-refractivity contribution in [2.24, 2.45) is 0 Å². The Hall–Kier alpha value is -2.57. The summed E-state index contributed by atoms with van der Waals surface area (Å²) >= 11 is 0. The molecule has 0 radical (unpaired) electrons. The number of hydrogen-bond donors (Lipinski definition) is 1. The molecule has 2 heterocycles. The highest BCUT2D eigenvalue weighted by molar-refractivity contribution is 5.98. The average molecular weight is 360 g/mol. The molecule has 1 N–H and O–H groups in total. The SMILES string of the molecule is Cc1cccc(F)c1C(=N)N1CCN(c2ncc(F)cc2F)CC12CC2. The van der Waals surface area contributed by atoms with Gasteiger partial charge in [-0.3, -0.25) is 5.41 Å². The van der Waals surface area contributed by atoms with Gasteiger partial charge in [-0.1, -0.05) is 12.1 Å². The summed E-state index contributed by atoms with van der Waals surface area (Å²) < 4.78 is 41.5. The van der Waals surface area contributed by atoms with E-state index < -0.39 is 17.5 Å². The molecule has 1 aliphatic heterocycles. The molecule has 4 nitrogen and oxygen atoms in total. The van der Waals surface area contributed by atoms with Gasteiger partial charge < -0.3 is 9.80 Å². The van der Waals surface area contributed by atoms with Crippen molar-refractivity contribution in [1.82, 2.24) is 9.88 Å². The van der Waals surface area contributed by atoms with Crippen LogP contribution in [-0.2, 0) is 0 Å². The van der Waals surface area contributed by atoms with Gasteiger partial charge in [0.25, 0.3) is 0 Å². The summed E-state index contributed by atoms with van der Waals surface area (Å²) in [6.07, 6.45) is 2.71. The van der Waals surface area contributed by atoms with Crippen molar-refractivity contribution >= 4 is 11.7 Å². The fourth-order valence-corrected chi connectivity index (χ4v) is 3.79. The van der Waals surface area contributed by atoms with E-state index in [4.69, 9.17) is 5.41 Å². The van der Waals surface area contributed by atoms with E-state index in [9.17, 15) is 13.2 Å². The van der Waals surface area contributed by atoms with Gasteiger partial charge >= 0.3 is 0 Å². The topological polar surface area (TPSA) is 43.2 Å². The van der Waals surface area contributed by atoms with Gasteiger partial charge in [0.05, 0.1) is 17.3 Å². The van der Waals surface area contributed by atoms with Crippen LogP contribution in [0.25, 0.3) is 0 Å². The molecule has 1 saturated carbocycles. The molecule has 1 spiro atoms. The minimum atomic E-state index is -0.706. The van der Waals surface area contributed by atoms with Crippen molar-refractivity contribution in [3.05, 3.63) is 59.0 Å². The second kappa shape index (κ2) is 6.00. The highest BCUT2D eigenvalue weighted by atomic mass is 19.1. The number of piperazine rings is 1. The van der Waals surface area contributed by atoms with Crippen molar-refractivity contribution in [1.29, 1.82) is 5.41 Å². The van der Waals surface area contributed by atoms with Crippen LogP contribution in [0.3, 0.4) is 0 Å². The smallest absolute Gasteiger partial charge is 0.168 e. The van der Waals surface area contributed by atoms with Crippen LogP contribution < -0.4 is 4.90 Å². The maximum atomic E-state index is 14.3. The van der Waals surface area contributed by atoms with E-state index in [-0.39, 0.29) is 17.2 Å². The number of halogens is 3. The number of aryl methyl sites for hydroxylation is 1. The van der Waals surface area contributed by atoms with E-state index in [1.165, 1.54) is 6.07 Å². The molecular weight excluding hydrogens is 341 g/mol. The van der Waals surface area contributed by atoms with Gasteiger partial charge in [0.1, 0.15) is 17.5 Å². The molecule has 4 rings (SSSR count). The monoisotopic (exact) mass is 360 g/mol. The minimum Gasteiger partial charge on any atom is -0.350 e. The Labute approximate surface area is 149 Å². The van der Waals surface area contributed by atoms with E-state index in [0.29, 0.717) is 25.2 Å². The lowest BCUT2D eigenvalue weighted by molar-refractivity contribution is 0.256. The van der Waals surface area contributed by atoms with Crippen molar-refractivity contribution in [3.63, 3.8) is 0 Å². The van der Waals surface area contributed by atoms with E-state index in [2.05, 4.69) is 4.98 Å². The fraction of sp³-hybridized carbons (Fsp3) is 0.368. The molecule has 0 bridgehead atoms. The van der Waals surface area contributed by atoms with Gasteiger partial charge in [0.15, 0.2) is 11.6 Å². The van der Waals surface area contributed by atoms with Gasteiger partial charge in [-0.2, -0.15) is 0 Å². The Morgan fingerprint density at radius 3 is 2.58 bits per heavy atom. The van der Waals surface area contributed by atoms with Gasteiger partial charge in [-0.15, -0.1) is 0 Å². The molecule has 136 valence electrons. The maximum absolute atomic E-state index is 14.3. The number of rotatable bonds is 2. The summed E-state index contributed by atoms with van der Waals surface area (Å²) in [7, 11) is 0. The predicted molar refractivity (Wildman–Crippen MR) is 93.0 cm³/mol. The standard InChI is InChI=1S/C19H19F3N4/c1-12-3-2-4-14(21)16(12)17(23)26-8-7-25(11-19(26)5-6-19)18-15(22)9-13(20)10-24-18/h2-4,9-10,23H,5-8,11H2,1H3. The zero-order valence-corrected chi connectivity index (χ0v) is 14.4. The summed E-state index contributed by atoms with van der Waals surface area (Å²) in [5, 5.41) is 8.57. The molecule has 2 aliphatic rings. The average Bonchev–Trinajstić information content (AvgIpc) is 3.34. The highest BCUT2D eigenvalue weighted by Crippen LogP contribution is 2.46. The van der Waals surface area contributed by atoms with Crippen LogP contribution in [0.1, 0.15) is 24.0 Å². The molecule has 7 heteroatoms. The first kappa shape index (κ1) is 16.9. The number of aromatic nitrogens is 1. The number of benzene rings is 1. The van der Waals surface area contributed by atoms with Crippen LogP contribution in [0.2, 0.25) is 0 Å². The van der Waals surface area contributed by atoms with Crippen LogP contribution in [0, 0.1) is 29.8 Å². The van der Waals surface area contributed by atoms with Gasteiger partial charge in [-0.05, 0) is 31.4 Å². The summed E-state index contributed by atoms with van der Waals surface area (Å²) in [6.45, 7) is 3.18. The van der Waals surface area contributed by atoms with Crippen LogP contribution in [0.5, 0.6) is 0 Å². The van der Waals surface area contributed by atoms with Crippen LogP contribution in [0.15, 0.2) is 30.5 Å². The normalized spacial score (nSPS) is 18.3. The van der Waals surface area contributed by atoms with Crippen molar-refractivity contribution < 1.29 is 13.2 Å². The zero-order valence-electron chi connectivity index (χ0n) is 14.4. The number of nitrogens with one attached hydrogen (secondary N) is 1. The molecule has 2 fully saturated rings. The molecule has 26 heavy (non-hydrogen) atoms. The zero-order chi connectivity index (χ0) is 18.5. The Balaban J connectivity index is 1.60. The molecule has 0 amide bonds. The molecule has 2 aromatic rings. The Bertz CT molecular complexity index is 859. The molecule has 0 atom stereocenters. The molecular formula is C19H19F3N4. The van der Waals surface area contributed by atoms with Gasteiger partial charge in [-0.25, -0.2) is 18.2 Å². The first-order valence-corrected chi connectivity index (χ1v) is 8.59. The third-order valence-electron chi connectivity index (χ3n) is 5.30. The maximum Gasteiger partial charge on any atom is 0.168 e. The highest BCUT2D eigenvalue weighted by Gasteiger charge is 2.53. The molecule has 1 aromatic carbocycles. The first-order valence-electron chi connectivity index (χ1n) is 8.59. The Morgan fingerprint density at radius 1 is 1.15 bits per heavy atom. The third kappa shape index (κ3) is 2.71.